The van der Waals surface area contributed by atoms with Gasteiger partial charge in [-0.25, -0.2) is 9.48 Å². The number of morpholine rings is 1. The average molecular weight is 378 g/mol. The summed E-state index contributed by atoms with van der Waals surface area (Å²) < 4.78 is 12.4. The number of carbonyl (C=O) groups is 1. The molecule has 27 heavy (non-hydrogen) atoms. The van der Waals surface area contributed by atoms with Gasteiger partial charge in [0.2, 0.25) is 0 Å². The predicted octanol–water partition coefficient (Wildman–Crippen LogP) is 1.73. The quantitative estimate of drug-likeness (QED) is 0.797. The molecule has 8 heteroatoms. The normalized spacial score (nSPS) is 19.2. The molecule has 1 amide bonds. The van der Waals surface area contributed by atoms with Crippen LogP contribution in [0.25, 0.3) is 0 Å². The summed E-state index contributed by atoms with van der Waals surface area (Å²) in [6.07, 6.45) is 3.12. The summed E-state index contributed by atoms with van der Waals surface area (Å²) in [7, 11) is 0. The van der Waals surface area contributed by atoms with Crippen molar-refractivity contribution >= 4 is 11.8 Å². The third-order valence-electron chi connectivity index (χ3n) is 4.94. The van der Waals surface area contributed by atoms with Gasteiger partial charge in [-0.3, -0.25) is 4.79 Å². The second kappa shape index (κ2) is 8.29. The van der Waals surface area contributed by atoms with Crippen LogP contribution < -0.4 is 10.5 Å². The number of likely N-dealkylation sites (tertiary alicyclic amines) is 1. The zero-order valence-corrected chi connectivity index (χ0v) is 16.5. The molecule has 8 nitrogen and oxygen atoms in total. The predicted molar refractivity (Wildman–Crippen MR) is 102 cm³/mol. The van der Waals surface area contributed by atoms with Crippen LogP contribution in [0.15, 0.2) is 17.1 Å². The Morgan fingerprint density at radius 2 is 1.89 bits per heavy atom. The first-order chi connectivity index (χ1) is 12.8. The van der Waals surface area contributed by atoms with Crippen molar-refractivity contribution in [3.8, 4) is 0 Å². The highest BCUT2D eigenvalue weighted by Crippen LogP contribution is 2.21. The third-order valence-corrected chi connectivity index (χ3v) is 4.94. The lowest BCUT2D eigenvalue weighted by Crippen LogP contribution is -2.43. The molecule has 0 bridgehead atoms. The van der Waals surface area contributed by atoms with E-state index in [-0.39, 0.29) is 11.7 Å². The van der Waals surface area contributed by atoms with E-state index in [0.29, 0.717) is 44.5 Å². The van der Waals surface area contributed by atoms with Crippen LogP contribution in [0.4, 0.5) is 10.5 Å². The average Bonchev–Trinajstić information content (AvgIpc) is 2.63. The van der Waals surface area contributed by atoms with Crippen LogP contribution in [-0.2, 0) is 16.0 Å². The number of hydrogen-bond acceptors (Lipinski definition) is 6. The number of ether oxygens (including phenoxy) is 2. The van der Waals surface area contributed by atoms with Crippen molar-refractivity contribution in [1.82, 2.24) is 14.7 Å². The Bertz CT molecular complexity index is 698. The molecule has 3 rings (SSSR count). The highest BCUT2D eigenvalue weighted by Gasteiger charge is 2.27. The molecular formula is C19H30N4O4. The Kier molecular flexibility index (Phi) is 6.04. The first kappa shape index (κ1) is 19.7. The minimum Gasteiger partial charge on any atom is -0.444 e. The fourth-order valence-electron chi connectivity index (χ4n) is 3.48. The van der Waals surface area contributed by atoms with Crippen molar-refractivity contribution in [2.75, 3.05) is 44.3 Å². The Hall–Kier alpha value is -2.09. The lowest BCUT2D eigenvalue weighted by molar-refractivity contribution is 0.0176. The van der Waals surface area contributed by atoms with Gasteiger partial charge in [0.15, 0.2) is 0 Å². The van der Waals surface area contributed by atoms with Gasteiger partial charge in [0.1, 0.15) is 11.3 Å². The first-order valence-corrected chi connectivity index (χ1v) is 9.70. The zero-order valence-electron chi connectivity index (χ0n) is 16.5. The maximum absolute atomic E-state index is 12.8. The fourth-order valence-corrected chi connectivity index (χ4v) is 3.48. The van der Waals surface area contributed by atoms with Gasteiger partial charge in [0, 0.05) is 38.9 Å². The van der Waals surface area contributed by atoms with Crippen molar-refractivity contribution in [3.63, 3.8) is 0 Å². The molecule has 1 aromatic rings. The van der Waals surface area contributed by atoms with E-state index in [0.717, 1.165) is 25.9 Å². The van der Waals surface area contributed by atoms with E-state index in [4.69, 9.17) is 9.47 Å². The highest BCUT2D eigenvalue weighted by atomic mass is 16.6. The van der Waals surface area contributed by atoms with Crippen LogP contribution in [0, 0.1) is 5.92 Å². The topological polar surface area (TPSA) is 76.9 Å². The number of hydrogen-bond donors (Lipinski definition) is 0. The van der Waals surface area contributed by atoms with Gasteiger partial charge in [0.05, 0.1) is 13.2 Å². The van der Waals surface area contributed by atoms with Crippen molar-refractivity contribution in [3.05, 3.63) is 22.6 Å². The van der Waals surface area contributed by atoms with Gasteiger partial charge in [-0.2, -0.15) is 5.10 Å². The molecule has 0 aliphatic carbocycles. The minimum atomic E-state index is -0.481. The van der Waals surface area contributed by atoms with E-state index < -0.39 is 5.60 Å². The summed E-state index contributed by atoms with van der Waals surface area (Å²) in [5.41, 5.74) is 0.166. The van der Waals surface area contributed by atoms with Crippen molar-refractivity contribution in [2.45, 2.75) is 45.8 Å². The molecular weight excluding hydrogens is 348 g/mol. The van der Waals surface area contributed by atoms with Crippen molar-refractivity contribution in [2.24, 2.45) is 5.92 Å². The van der Waals surface area contributed by atoms with Crippen LogP contribution >= 0.6 is 0 Å². The number of piperidine rings is 1. The minimum absolute atomic E-state index is 0.0472. The van der Waals surface area contributed by atoms with Crippen molar-refractivity contribution < 1.29 is 14.3 Å². The molecule has 0 saturated carbocycles. The maximum Gasteiger partial charge on any atom is 0.410 e. The molecule has 2 fully saturated rings. The summed E-state index contributed by atoms with van der Waals surface area (Å²) in [4.78, 5) is 28.8. The molecule has 0 spiro atoms. The number of rotatable bonds is 3. The Labute approximate surface area is 160 Å². The molecule has 0 N–H and O–H groups in total. The second-order valence-corrected chi connectivity index (χ2v) is 8.21. The van der Waals surface area contributed by atoms with Crippen LogP contribution in [0.2, 0.25) is 0 Å². The number of carbonyl (C=O) groups excluding carboxylic acids is 1. The molecule has 150 valence electrons. The molecule has 2 aliphatic heterocycles. The van der Waals surface area contributed by atoms with Crippen LogP contribution in [0.1, 0.15) is 33.6 Å². The first-order valence-electron chi connectivity index (χ1n) is 9.70. The van der Waals surface area contributed by atoms with Crippen LogP contribution in [-0.4, -0.2) is 65.8 Å². The number of anilines is 1. The van der Waals surface area contributed by atoms with Gasteiger partial charge in [0.25, 0.3) is 5.56 Å². The SMILES string of the molecule is CC(C)(C)OC(=O)N1CCC(Cn2nccc(N3CCOCC3)c2=O)CC1. The monoisotopic (exact) mass is 378 g/mol. The number of nitrogens with zero attached hydrogens (tertiary/aromatic N) is 4. The van der Waals surface area contributed by atoms with Crippen LogP contribution in [0.5, 0.6) is 0 Å². The Balaban J connectivity index is 1.58. The standard InChI is InChI=1S/C19H30N4O4/c1-19(2,3)27-18(25)22-8-5-15(6-9-22)14-23-17(24)16(4-7-20-23)21-10-12-26-13-11-21/h4,7,15H,5-6,8-14H2,1-3H3. The number of aromatic nitrogens is 2. The summed E-state index contributed by atoms with van der Waals surface area (Å²) in [6.45, 7) is 10.2. The van der Waals surface area contributed by atoms with Crippen LogP contribution in [0.3, 0.4) is 0 Å². The lowest BCUT2D eigenvalue weighted by atomic mass is 9.97. The molecule has 0 aromatic carbocycles. The third kappa shape index (κ3) is 5.22. The van der Waals surface area contributed by atoms with E-state index in [2.05, 4.69) is 10.00 Å². The molecule has 3 heterocycles. The Morgan fingerprint density at radius 3 is 2.52 bits per heavy atom. The fraction of sp³-hybridized carbons (Fsp3) is 0.737. The molecule has 0 unspecified atom stereocenters. The molecule has 2 saturated heterocycles. The summed E-state index contributed by atoms with van der Waals surface area (Å²) >= 11 is 0. The van der Waals surface area contributed by atoms with Gasteiger partial charge < -0.3 is 19.3 Å². The lowest BCUT2D eigenvalue weighted by Gasteiger charge is -2.33. The van der Waals surface area contributed by atoms with Crippen molar-refractivity contribution in [1.29, 1.82) is 0 Å². The zero-order chi connectivity index (χ0) is 19.4. The van der Waals surface area contributed by atoms with E-state index in [1.54, 1.807) is 21.8 Å². The van der Waals surface area contributed by atoms with E-state index in [1.807, 2.05) is 20.8 Å². The van der Waals surface area contributed by atoms with Gasteiger partial charge in [-0.05, 0) is 45.6 Å². The van der Waals surface area contributed by atoms with Gasteiger partial charge in [-0.15, -0.1) is 0 Å². The molecule has 2 aliphatic rings. The highest BCUT2D eigenvalue weighted by molar-refractivity contribution is 5.68. The molecule has 0 atom stereocenters. The van der Waals surface area contributed by atoms with E-state index in [9.17, 15) is 9.59 Å². The Morgan fingerprint density at radius 1 is 1.22 bits per heavy atom. The van der Waals surface area contributed by atoms with E-state index >= 15 is 0 Å². The smallest absolute Gasteiger partial charge is 0.410 e. The summed E-state index contributed by atoms with van der Waals surface area (Å²) in [5, 5.41) is 4.27. The molecule has 0 radical (unpaired) electrons. The largest absolute Gasteiger partial charge is 0.444 e. The van der Waals surface area contributed by atoms with Gasteiger partial charge in [-0.1, -0.05) is 0 Å². The van der Waals surface area contributed by atoms with Gasteiger partial charge >= 0.3 is 6.09 Å². The summed E-state index contributed by atoms with van der Waals surface area (Å²) in [6, 6.07) is 1.79. The molecule has 1 aromatic heterocycles. The number of amides is 1. The summed E-state index contributed by atoms with van der Waals surface area (Å²) in [5.74, 6) is 0.328. The van der Waals surface area contributed by atoms with E-state index in [1.165, 1.54) is 0 Å². The maximum atomic E-state index is 12.8. The second-order valence-electron chi connectivity index (χ2n) is 8.21.